The highest BCUT2D eigenvalue weighted by atomic mass is 32.2. The lowest BCUT2D eigenvalue weighted by Crippen LogP contribution is -2.33. The topological polar surface area (TPSA) is 82.8 Å². The quantitative estimate of drug-likeness (QED) is 0.802. The Hall–Kier alpha value is -2.29. The van der Waals surface area contributed by atoms with Gasteiger partial charge in [0, 0.05) is 45.0 Å². The molecule has 0 saturated carbocycles. The van der Waals surface area contributed by atoms with E-state index in [2.05, 4.69) is 25.2 Å². The molecule has 1 aromatic heterocycles. The summed E-state index contributed by atoms with van der Waals surface area (Å²) in [6.07, 6.45) is 3.12. The van der Waals surface area contributed by atoms with Gasteiger partial charge >= 0.3 is 0 Å². The largest absolute Gasteiger partial charge is 0.370 e. The molecule has 0 spiro atoms. The van der Waals surface area contributed by atoms with Crippen molar-refractivity contribution >= 4 is 28.5 Å². The molecule has 0 bridgehead atoms. The lowest BCUT2D eigenvalue weighted by molar-refractivity contribution is -0.120. The number of hydrogen-bond donors (Lipinski definition) is 1. The third-order valence-corrected chi connectivity index (χ3v) is 5.93. The Balaban J connectivity index is 1.25. The van der Waals surface area contributed by atoms with E-state index < -0.39 is 0 Å². The highest BCUT2D eigenvalue weighted by molar-refractivity contribution is 8.16. The van der Waals surface area contributed by atoms with Crippen LogP contribution in [0, 0.1) is 5.92 Å². The van der Waals surface area contributed by atoms with Crippen LogP contribution in [0.5, 0.6) is 0 Å². The number of aryl methyl sites for hydroxylation is 1. The van der Waals surface area contributed by atoms with Gasteiger partial charge in [0.05, 0.1) is 24.8 Å². The van der Waals surface area contributed by atoms with Gasteiger partial charge in [0.15, 0.2) is 5.17 Å². The van der Waals surface area contributed by atoms with Crippen molar-refractivity contribution in [2.45, 2.75) is 12.8 Å². The maximum Gasteiger partial charge on any atom is 0.268 e. The van der Waals surface area contributed by atoms with Crippen LogP contribution in [0.1, 0.15) is 12.8 Å². The van der Waals surface area contributed by atoms with Crippen LogP contribution in [0.3, 0.4) is 0 Å². The van der Waals surface area contributed by atoms with E-state index in [0.29, 0.717) is 18.9 Å². The fourth-order valence-electron chi connectivity index (χ4n) is 3.47. The van der Waals surface area contributed by atoms with E-state index in [1.54, 1.807) is 31.1 Å². The molecule has 0 unspecified atom stereocenters. The second-order valence-electron chi connectivity index (χ2n) is 6.80. The number of amidine groups is 1. The maximum absolute atomic E-state index is 12.3. The monoisotopic (exact) mass is 374 g/mol. The van der Waals surface area contributed by atoms with Gasteiger partial charge in [-0.15, -0.1) is 0 Å². The standard InChI is InChI=1S/C17H22N6O2S/c1-21-16(25)7-13(9-20-21)22-4-2-12(10-22)8-19-15(24)6-14-11-26-17-18-3-5-23(14)17/h7,9,11-12H,2-6,8,10H2,1H3,(H,19,24)/t12-/m1/s1. The average molecular weight is 374 g/mol. The van der Waals surface area contributed by atoms with Crippen molar-refractivity contribution in [1.29, 1.82) is 0 Å². The number of aliphatic imine (C=N–C) groups is 1. The zero-order valence-electron chi connectivity index (χ0n) is 14.7. The van der Waals surface area contributed by atoms with Gasteiger partial charge < -0.3 is 15.1 Å². The Kier molecular flexibility index (Phi) is 4.71. The number of amides is 1. The van der Waals surface area contributed by atoms with E-state index in [-0.39, 0.29) is 11.5 Å². The lowest BCUT2D eigenvalue weighted by Gasteiger charge is -2.19. The number of anilines is 1. The zero-order chi connectivity index (χ0) is 18.1. The fraction of sp³-hybridized carbons (Fsp3) is 0.529. The number of nitrogens with zero attached hydrogens (tertiary/aromatic N) is 5. The summed E-state index contributed by atoms with van der Waals surface area (Å²) in [6, 6.07) is 1.62. The number of fused-ring (bicyclic) bond motifs is 1. The zero-order valence-corrected chi connectivity index (χ0v) is 15.5. The molecule has 1 amide bonds. The van der Waals surface area contributed by atoms with Crippen molar-refractivity contribution in [1.82, 2.24) is 20.0 Å². The van der Waals surface area contributed by atoms with Crippen LogP contribution in [0.4, 0.5) is 5.69 Å². The second-order valence-corrected chi connectivity index (χ2v) is 7.64. The van der Waals surface area contributed by atoms with Crippen LogP contribution < -0.4 is 15.8 Å². The summed E-state index contributed by atoms with van der Waals surface area (Å²) in [4.78, 5) is 32.7. The third-order valence-electron chi connectivity index (χ3n) is 4.98. The van der Waals surface area contributed by atoms with Crippen molar-refractivity contribution < 1.29 is 4.79 Å². The van der Waals surface area contributed by atoms with Crippen LogP contribution in [0.15, 0.2) is 33.2 Å². The Bertz CT molecular complexity index is 833. The van der Waals surface area contributed by atoms with E-state index >= 15 is 0 Å². The van der Waals surface area contributed by atoms with E-state index in [9.17, 15) is 9.59 Å². The number of hydrogen-bond acceptors (Lipinski definition) is 7. The predicted molar refractivity (Wildman–Crippen MR) is 102 cm³/mol. The van der Waals surface area contributed by atoms with E-state index in [1.165, 1.54) is 4.68 Å². The van der Waals surface area contributed by atoms with E-state index in [4.69, 9.17) is 0 Å². The smallest absolute Gasteiger partial charge is 0.268 e. The molecular weight excluding hydrogens is 352 g/mol. The van der Waals surface area contributed by atoms with Crippen LogP contribution in [-0.4, -0.2) is 58.5 Å². The molecule has 3 aliphatic rings. The molecule has 4 rings (SSSR count). The molecule has 1 atom stereocenters. The Morgan fingerprint density at radius 3 is 3.15 bits per heavy atom. The van der Waals surface area contributed by atoms with Gasteiger partial charge in [-0.05, 0) is 17.7 Å². The molecule has 0 aliphatic carbocycles. The van der Waals surface area contributed by atoms with Gasteiger partial charge in [-0.25, -0.2) is 4.68 Å². The van der Waals surface area contributed by atoms with E-state index in [0.717, 1.165) is 49.2 Å². The molecule has 8 nitrogen and oxygen atoms in total. The number of carbonyl (C=O) groups excluding carboxylic acids is 1. The van der Waals surface area contributed by atoms with Gasteiger partial charge in [0.2, 0.25) is 5.91 Å². The number of rotatable bonds is 5. The molecule has 1 N–H and O–H groups in total. The van der Waals surface area contributed by atoms with E-state index in [1.807, 2.05) is 5.41 Å². The third kappa shape index (κ3) is 3.48. The van der Waals surface area contributed by atoms with Crippen molar-refractivity contribution in [3.05, 3.63) is 33.7 Å². The molecule has 0 aromatic carbocycles. The van der Waals surface area contributed by atoms with Crippen LogP contribution in [-0.2, 0) is 11.8 Å². The highest BCUT2D eigenvalue weighted by Crippen LogP contribution is 2.30. The summed E-state index contributed by atoms with van der Waals surface area (Å²) in [5.41, 5.74) is 1.80. The summed E-state index contributed by atoms with van der Waals surface area (Å²) in [5.74, 6) is 0.442. The fourth-order valence-corrected chi connectivity index (χ4v) is 4.42. The molecule has 1 saturated heterocycles. The van der Waals surface area contributed by atoms with Gasteiger partial charge in [-0.3, -0.25) is 14.6 Å². The normalized spacial score (nSPS) is 21.7. The minimum atomic E-state index is -0.105. The molecule has 26 heavy (non-hydrogen) atoms. The van der Waals surface area contributed by atoms with Crippen molar-refractivity contribution in [2.75, 3.05) is 37.6 Å². The SMILES string of the molecule is Cn1ncc(N2CC[C@H](CNC(=O)CC3=CSC4=NCCN34)C2)cc1=O. The molecule has 138 valence electrons. The van der Waals surface area contributed by atoms with Gasteiger partial charge in [0.1, 0.15) is 0 Å². The Morgan fingerprint density at radius 2 is 2.31 bits per heavy atom. The average Bonchev–Trinajstić information content (AvgIpc) is 3.34. The van der Waals surface area contributed by atoms with Crippen molar-refractivity contribution in [3.8, 4) is 0 Å². The first-order valence-electron chi connectivity index (χ1n) is 8.83. The van der Waals surface area contributed by atoms with Crippen LogP contribution in [0.2, 0.25) is 0 Å². The molecule has 1 fully saturated rings. The molecule has 0 radical (unpaired) electrons. The second kappa shape index (κ2) is 7.14. The summed E-state index contributed by atoms with van der Waals surface area (Å²) in [6.45, 7) is 4.07. The van der Waals surface area contributed by atoms with Crippen LogP contribution in [0.25, 0.3) is 0 Å². The minimum Gasteiger partial charge on any atom is -0.370 e. The summed E-state index contributed by atoms with van der Waals surface area (Å²) < 4.78 is 1.32. The Labute approximate surface area is 155 Å². The number of aromatic nitrogens is 2. The number of thioether (sulfide) groups is 1. The lowest BCUT2D eigenvalue weighted by atomic mass is 10.1. The van der Waals surface area contributed by atoms with Gasteiger partial charge in [0.25, 0.3) is 5.56 Å². The Morgan fingerprint density at radius 1 is 1.42 bits per heavy atom. The molecule has 1 aromatic rings. The molecule has 3 aliphatic heterocycles. The molecular formula is C17H22N6O2S. The number of carbonyl (C=O) groups is 1. The van der Waals surface area contributed by atoms with Gasteiger partial charge in [-0.1, -0.05) is 11.8 Å². The number of nitrogens with one attached hydrogen (secondary N) is 1. The predicted octanol–water partition coefficient (Wildman–Crippen LogP) is 0.373. The van der Waals surface area contributed by atoms with Crippen molar-refractivity contribution in [2.24, 2.45) is 18.0 Å². The highest BCUT2D eigenvalue weighted by Gasteiger charge is 2.28. The summed E-state index contributed by atoms with van der Waals surface area (Å²) >= 11 is 1.60. The maximum atomic E-state index is 12.3. The minimum absolute atomic E-state index is 0.0543. The first-order chi connectivity index (χ1) is 12.6. The first-order valence-corrected chi connectivity index (χ1v) is 9.71. The van der Waals surface area contributed by atoms with Crippen molar-refractivity contribution in [3.63, 3.8) is 0 Å². The summed E-state index contributed by atoms with van der Waals surface area (Å²) in [5, 5.41) is 10.2. The summed E-state index contributed by atoms with van der Waals surface area (Å²) in [7, 11) is 1.64. The first kappa shape index (κ1) is 17.1. The molecule has 4 heterocycles. The molecule has 9 heteroatoms. The van der Waals surface area contributed by atoms with Gasteiger partial charge in [-0.2, -0.15) is 5.10 Å². The van der Waals surface area contributed by atoms with Crippen LogP contribution >= 0.6 is 11.8 Å².